The number of benzene rings is 1. The summed E-state index contributed by atoms with van der Waals surface area (Å²) in [6.45, 7) is 1.43. The maximum absolute atomic E-state index is 13.5. The first-order valence-electron chi connectivity index (χ1n) is 6.52. The number of aliphatic hydroxyl groups excluding tert-OH is 1. The molecule has 0 aliphatic heterocycles. The summed E-state index contributed by atoms with van der Waals surface area (Å²) < 4.78 is 13.5. The van der Waals surface area contributed by atoms with Gasteiger partial charge < -0.3 is 15.3 Å². The molecule has 1 aromatic rings. The third-order valence-electron chi connectivity index (χ3n) is 3.11. The maximum atomic E-state index is 13.5. The van der Waals surface area contributed by atoms with E-state index in [0.29, 0.717) is 5.56 Å². The highest BCUT2D eigenvalue weighted by Crippen LogP contribution is 2.28. The molecule has 20 heavy (non-hydrogen) atoms. The minimum Gasteiger partial charge on any atom is -0.395 e. The molecular weight excluding hydrogens is 263 g/mol. The molecule has 0 heterocycles. The maximum Gasteiger partial charge on any atom is 0.254 e. The molecule has 0 unspecified atom stereocenters. The van der Waals surface area contributed by atoms with Gasteiger partial charge >= 0.3 is 0 Å². The Balaban J connectivity index is 2.22. The van der Waals surface area contributed by atoms with Gasteiger partial charge in [0.1, 0.15) is 5.82 Å². The summed E-state index contributed by atoms with van der Waals surface area (Å²) >= 11 is 0. The lowest BCUT2D eigenvalue weighted by atomic mass is 10.1. The second-order valence-corrected chi connectivity index (χ2v) is 4.83. The molecule has 0 saturated heterocycles. The Morgan fingerprint density at radius 2 is 2.15 bits per heavy atom. The fourth-order valence-electron chi connectivity index (χ4n) is 2.05. The van der Waals surface area contributed by atoms with Crippen LogP contribution in [-0.2, 0) is 4.79 Å². The van der Waals surface area contributed by atoms with Crippen LogP contribution in [0.2, 0.25) is 0 Å². The Morgan fingerprint density at radius 1 is 1.45 bits per heavy atom. The third-order valence-corrected chi connectivity index (χ3v) is 3.11. The van der Waals surface area contributed by atoms with Crippen LogP contribution in [0.15, 0.2) is 18.2 Å². The predicted octanol–water partition coefficient (Wildman–Crippen LogP) is 1.38. The molecule has 0 bridgehead atoms. The first kappa shape index (κ1) is 14.5. The zero-order valence-electron chi connectivity index (χ0n) is 11.2. The summed E-state index contributed by atoms with van der Waals surface area (Å²) in [5.74, 6) is -1.24. The Bertz CT molecular complexity index is 529. The Labute approximate surface area is 116 Å². The number of hydrogen-bond donors (Lipinski definition) is 2. The molecule has 6 heteroatoms. The topological polar surface area (TPSA) is 69.6 Å². The molecule has 5 nitrogen and oxygen atoms in total. The van der Waals surface area contributed by atoms with E-state index in [1.54, 1.807) is 4.90 Å². The van der Waals surface area contributed by atoms with Crippen LogP contribution in [0.5, 0.6) is 0 Å². The van der Waals surface area contributed by atoms with Gasteiger partial charge in [0.25, 0.3) is 5.91 Å². The van der Waals surface area contributed by atoms with E-state index in [-0.39, 0.29) is 30.8 Å². The van der Waals surface area contributed by atoms with Gasteiger partial charge in [0.15, 0.2) is 0 Å². The Kier molecular flexibility index (Phi) is 4.34. The molecule has 0 spiro atoms. The fourth-order valence-corrected chi connectivity index (χ4v) is 2.05. The Morgan fingerprint density at radius 3 is 2.70 bits per heavy atom. The number of rotatable bonds is 5. The van der Waals surface area contributed by atoms with Crippen molar-refractivity contribution < 1.29 is 19.1 Å². The van der Waals surface area contributed by atoms with Crippen molar-refractivity contribution >= 4 is 17.5 Å². The fraction of sp³-hybridized carbons (Fsp3) is 0.429. The van der Waals surface area contributed by atoms with E-state index in [2.05, 4.69) is 5.32 Å². The molecule has 108 valence electrons. The van der Waals surface area contributed by atoms with Crippen molar-refractivity contribution in [2.75, 3.05) is 18.5 Å². The zero-order chi connectivity index (χ0) is 14.7. The average molecular weight is 280 g/mol. The number of hydrogen-bond acceptors (Lipinski definition) is 3. The molecule has 1 saturated carbocycles. The van der Waals surface area contributed by atoms with Crippen molar-refractivity contribution in [1.29, 1.82) is 0 Å². The van der Waals surface area contributed by atoms with Gasteiger partial charge in [-0.1, -0.05) is 0 Å². The number of anilines is 1. The van der Waals surface area contributed by atoms with Gasteiger partial charge in [0.2, 0.25) is 5.91 Å². The molecule has 1 aliphatic rings. The number of halogens is 1. The van der Waals surface area contributed by atoms with Gasteiger partial charge in [-0.15, -0.1) is 0 Å². The lowest BCUT2D eigenvalue weighted by molar-refractivity contribution is -0.114. The molecular formula is C14H17FN2O3. The van der Waals surface area contributed by atoms with Gasteiger partial charge in [-0.05, 0) is 31.0 Å². The van der Waals surface area contributed by atoms with Crippen LogP contribution in [0.25, 0.3) is 0 Å². The van der Waals surface area contributed by atoms with Crippen LogP contribution in [-0.4, -0.2) is 41.0 Å². The predicted molar refractivity (Wildman–Crippen MR) is 71.8 cm³/mol. The molecule has 1 fully saturated rings. The number of carbonyl (C=O) groups excluding carboxylic acids is 2. The van der Waals surface area contributed by atoms with Crippen molar-refractivity contribution in [2.24, 2.45) is 0 Å². The minimum absolute atomic E-state index is 0.0110. The van der Waals surface area contributed by atoms with Gasteiger partial charge in [-0.25, -0.2) is 4.39 Å². The standard InChI is InChI=1S/C14H17FN2O3/c1-9(19)16-13-8-10(2-5-12(13)15)14(20)17(6-7-18)11-3-4-11/h2,5,8,11,18H,3-4,6-7H2,1H3,(H,16,19). The number of aliphatic hydroxyl groups is 1. The van der Waals surface area contributed by atoms with Crippen LogP contribution in [0.1, 0.15) is 30.1 Å². The second kappa shape index (κ2) is 6.00. The SMILES string of the molecule is CC(=O)Nc1cc(C(=O)N(CCO)C2CC2)ccc1F. The van der Waals surface area contributed by atoms with Gasteiger partial charge in [0, 0.05) is 25.1 Å². The normalized spacial score (nSPS) is 13.9. The average Bonchev–Trinajstić information content (AvgIpc) is 3.21. The summed E-state index contributed by atoms with van der Waals surface area (Å²) in [6, 6.07) is 4.02. The van der Waals surface area contributed by atoms with E-state index >= 15 is 0 Å². The molecule has 2 N–H and O–H groups in total. The van der Waals surface area contributed by atoms with Crippen LogP contribution in [0.4, 0.5) is 10.1 Å². The van der Waals surface area contributed by atoms with E-state index in [1.807, 2.05) is 0 Å². The van der Waals surface area contributed by atoms with Crippen molar-refractivity contribution in [3.05, 3.63) is 29.6 Å². The third kappa shape index (κ3) is 3.33. The molecule has 0 radical (unpaired) electrons. The smallest absolute Gasteiger partial charge is 0.254 e. The van der Waals surface area contributed by atoms with Crippen molar-refractivity contribution in [1.82, 2.24) is 4.90 Å². The van der Waals surface area contributed by atoms with Crippen molar-refractivity contribution in [2.45, 2.75) is 25.8 Å². The first-order chi connectivity index (χ1) is 9.52. The molecule has 2 amide bonds. The lowest BCUT2D eigenvalue weighted by Gasteiger charge is -2.21. The van der Waals surface area contributed by atoms with Crippen LogP contribution < -0.4 is 5.32 Å². The van der Waals surface area contributed by atoms with Gasteiger partial charge in [-0.3, -0.25) is 9.59 Å². The number of nitrogens with zero attached hydrogens (tertiary/aromatic N) is 1. The number of amides is 2. The van der Waals surface area contributed by atoms with E-state index < -0.39 is 11.7 Å². The molecule has 1 aliphatic carbocycles. The van der Waals surface area contributed by atoms with E-state index in [0.717, 1.165) is 18.9 Å². The zero-order valence-corrected chi connectivity index (χ0v) is 11.2. The highest BCUT2D eigenvalue weighted by Gasteiger charge is 2.32. The summed E-state index contributed by atoms with van der Waals surface area (Å²) in [5.41, 5.74) is 0.290. The lowest BCUT2D eigenvalue weighted by Crippen LogP contribution is -2.35. The van der Waals surface area contributed by atoms with Crippen molar-refractivity contribution in [3.63, 3.8) is 0 Å². The highest BCUT2D eigenvalue weighted by atomic mass is 19.1. The molecule has 0 atom stereocenters. The largest absolute Gasteiger partial charge is 0.395 e. The number of nitrogens with one attached hydrogen (secondary N) is 1. The molecule has 0 aromatic heterocycles. The first-order valence-corrected chi connectivity index (χ1v) is 6.52. The van der Waals surface area contributed by atoms with Crippen LogP contribution >= 0.6 is 0 Å². The summed E-state index contributed by atoms with van der Waals surface area (Å²) in [5, 5.41) is 11.4. The molecule has 1 aromatic carbocycles. The van der Waals surface area contributed by atoms with Gasteiger partial charge in [0.05, 0.1) is 12.3 Å². The van der Waals surface area contributed by atoms with E-state index in [4.69, 9.17) is 5.11 Å². The quantitative estimate of drug-likeness (QED) is 0.856. The van der Waals surface area contributed by atoms with Crippen LogP contribution in [0.3, 0.4) is 0 Å². The monoisotopic (exact) mass is 280 g/mol. The van der Waals surface area contributed by atoms with Crippen LogP contribution in [0, 0.1) is 5.82 Å². The molecule has 2 rings (SSSR count). The Hall–Kier alpha value is -1.95. The second-order valence-electron chi connectivity index (χ2n) is 4.83. The van der Waals surface area contributed by atoms with Gasteiger partial charge in [-0.2, -0.15) is 0 Å². The van der Waals surface area contributed by atoms with E-state index in [1.165, 1.54) is 19.1 Å². The minimum atomic E-state index is -0.586. The van der Waals surface area contributed by atoms with E-state index in [9.17, 15) is 14.0 Å². The summed E-state index contributed by atoms with van der Waals surface area (Å²) in [4.78, 5) is 24.9. The number of carbonyl (C=O) groups is 2. The van der Waals surface area contributed by atoms with Crippen molar-refractivity contribution in [3.8, 4) is 0 Å². The summed E-state index contributed by atoms with van der Waals surface area (Å²) in [7, 11) is 0. The highest BCUT2D eigenvalue weighted by molar-refractivity contribution is 5.97. The summed E-state index contributed by atoms with van der Waals surface area (Å²) in [6.07, 6.45) is 1.84.